The quantitative estimate of drug-likeness (QED) is 0.734. The monoisotopic (exact) mass is 219 g/mol. The molecule has 76 valence electrons. The molecule has 0 N–H and O–H groups in total. The van der Waals surface area contributed by atoms with Crippen molar-refractivity contribution >= 4 is 11.6 Å². The first-order valence-electron chi connectivity index (χ1n) is 5.07. The normalized spacial score (nSPS) is 14.2. The SMILES string of the molecule is Clc1cc(-c2ccco2)nc2c1CCC2. The van der Waals surface area contributed by atoms with Crippen molar-refractivity contribution < 1.29 is 4.42 Å². The highest BCUT2D eigenvalue weighted by molar-refractivity contribution is 6.31. The zero-order valence-corrected chi connectivity index (χ0v) is 8.92. The summed E-state index contributed by atoms with van der Waals surface area (Å²) in [6.45, 7) is 0. The fourth-order valence-electron chi connectivity index (χ4n) is 2.04. The summed E-state index contributed by atoms with van der Waals surface area (Å²) in [6, 6.07) is 5.66. The molecule has 0 atom stereocenters. The summed E-state index contributed by atoms with van der Waals surface area (Å²) in [4.78, 5) is 4.58. The van der Waals surface area contributed by atoms with E-state index in [1.165, 1.54) is 5.56 Å². The molecule has 0 unspecified atom stereocenters. The molecular weight excluding hydrogens is 210 g/mol. The maximum atomic E-state index is 6.21. The van der Waals surface area contributed by atoms with Gasteiger partial charge in [0.1, 0.15) is 5.69 Å². The zero-order valence-electron chi connectivity index (χ0n) is 8.16. The van der Waals surface area contributed by atoms with Crippen LogP contribution in [0, 0.1) is 0 Å². The van der Waals surface area contributed by atoms with Gasteiger partial charge in [-0.1, -0.05) is 11.6 Å². The number of hydrogen-bond donors (Lipinski definition) is 0. The minimum Gasteiger partial charge on any atom is -0.463 e. The van der Waals surface area contributed by atoms with Crippen molar-refractivity contribution in [2.45, 2.75) is 19.3 Å². The molecule has 0 amide bonds. The van der Waals surface area contributed by atoms with Gasteiger partial charge in [0, 0.05) is 10.7 Å². The third kappa shape index (κ3) is 1.45. The van der Waals surface area contributed by atoms with Crippen LogP contribution in [0.1, 0.15) is 17.7 Å². The van der Waals surface area contributed by atoms with Gasteiger partial charge in [0.05, 0.1) is 6.26 Å². The lowest BCUT2D eigenvalue weighted by Crippen LogP contribution is -1.92. The molecule has 1 aliphatic carbocycles. The Labute approximate surface area is 92.9 Å². The van der Waals surface area contributed by atoms with Gasteiger partial charge in [-0.2, -0.15) is 0 Å². The Kier molecular flexibility index (Phi) is 2.03. The number of rotatable bonds is 1. The van der Waals surface area contributed by atoms with Crippen LogP contribution in [-0.2, 0) is 12.8 Å². The molecule has 3 heteroatoms. The Morgan fingerprint density at radius 3 is 3.07 bits per heavy atom. The Morgan fingerprint density at radius 2 is 2.27 bits per heavy atom. The van der Waals surface area contributed by atoms with E-state index in [4.69, 9.17) is 16.0 Å². The number of hydrogen-bond acceptors (Lipinski definition) is 2. The third-order valence-electron chi connectivity index (χ3n) is 2.77. The summed E-state index contributed by atoms with van der Waals surface area (Å²) in [5.41, 5.74) is 3.19. The Bertz CT molecular complexity index is 491. The molecule has 0 saturated heterocycles. The molecule has 0 aliphatic heterocycles. The van der Waals surface area contributed by atoms with Gasteiger partial charge in [-0.25, -0.2) is 4.98 Å². The predicted octanol–water partition coefficient (Wildman–Crippen LogP) is 3.48. The number of fused-ring (bicyclic) bond motifs is 1. The molecule has 15 heavy (non-hydrogen) atoms. The van der Waals surface area contributed by atoms with E-state index < -0.39 is 0 Å². The lowest BCUT2D eigenvalue weighted by atomic mass is 10.2. The van der Waals surface area contributed by atoms with Gasteiger partial charge < -0.3 is 4.42 Å². The summed E-state index contributed by atoms with van der Waals surface area (Å²) >= 11 is 6.21. The molecule has 2 heterocycles. The van der Waals surface area contributed by atoms with Crippen molar-refractivity contribution in [3.63, 3.8) is 0 Å². The first-order chi connectivity index (χ1) is 7.34. The highest BCUT2D eigenvalue weighted by Crippen LogP contribution is 2.31. The number of aryl methyl sites for hydroxylation is 1. The molecule has 0 radical (unpaired) electrons. The molecule has 0 bridgehead atoms. The molecule has 1 aliphatic rings. The average Bonchev–Trinajstić information content (AvgIpc) is 2.88. The van der Waals surface area contributed by atoms with Crippen LogP contribution in [0.15, 0.2) is 28.9 Å². The highest BCUT2D eigenvalue weighted by Gasteiger charge is 2.17. The molecule has 0 saturated carbocycles. The second kappa shape index (κ2) is 3.38. The minimum atomic E-state index is 0.784. The summed E-state index contributed by atoms with van der Waals surface area (Å²) in [7, 11) is 0. The van der Waals surface area contributed by atoms with Gasteiger partial charge in [-0.3, -0.25) is 0 Å². The summed E-state index contributed by atoms with van der Waals surface area (Å²) in [5.74, 6) is 0.784. The van der Waals surface area contributed by atoms with E-state index in [1.54, 1.807) is 6.26 Å². The van der Waals surface area contributed by atoms with Crippen LogP contribution in [0.3, 0.4) is 0 Å². The van der Waals surface area contributed by atoms with E-state index in [1.807, 2.05) is 18.2 Å². The Morgan fingerprint density at radius 1 is 1.33 bits per heavy atom. The second-order valence-electron chi connectivity index (χ2n) is 3.75. The fourth-order valence-corrected chi connectivity index (χ4v) is 2.35. The standard InChI is InChI=1S/C12H10ClNO/c13-9-7-11(12-5-2-6-15-12)14-10-4-1-3-8(9)10/h2,5-7H,1,3-4H2. The van der Waals surface area contributed by atoms with E-state index in [2.05, 4.69) is 4.98 Å². The summed E-state index contributed by atoms with van der Waals surface area (Å²) in [5, 5.41) is 0.823. The van der Waals surface area contributed by atoms with Crippen LogP contribution in [0.25, 0.3) is 11.5 Å². The van der Waals surface area contributed by atoms with E-state index in [0.29, 0.717) is 0 Å². The Balaban J connectivity index is 2.15. The number of aromatic nitrogens is 1. The molecule has 2 aromatic rings. The molecule has 2 nitrogen and oxygen atoms in total. The van der Waals surface area contributed by atoms with Crippen molar-refractivity contribution in [3.05, 3.63) is 40.7 Å². The molecule has 0 aromatic carbocycles. The first kappa shape index (κ1) is 8.98. The molecular formula is C12H10ClNO. The molecule has 0 fully saturated rings. The maximum absolute atomic E-state index is 6.21. The van der Waals surface area contributed by atoms with Crippen molar-refractivity contribution in [1.29, 1.82) is 0 Å². The van der Waals surface area contributed by atoms with Crippen molar-refractivity contribution in [2.75, 3.05) is 0 Å². The van der Waals surface area contributed by atoms with E-state index in [0.717, 1.165) is 41.4 Å². The smallest absolute Gasteiger partial charge is 0.152 e. The molecule has 3 rings (SSSR count). The fraction of sp³-hybridized carbons (Fsp3) is 0.250. The van der Waals surface area contributed by atoms with Gasteiger partial charge in [-0.15, -0.1) is 0 Å². The highest BCUT2D eigenvalue weighted by atomic mass is 35.5. The largest absolute Gasteiger partial charge is 0.463 e. The number of halogens is 1. The topological polar surface area (TPSA) is 26.0 Å². The van der Waals surface area contributed by atoms with E-state index >= 15 is 0 Å². The van der Waals surface area contributed by atoms with Crippen molar-refractivity contribution in [2.24, 2.45) is 0 Å². The van der Waals surface area contributed by atoms with Gasteiger partial charge in [0.25, 0.3) is 0 Å². The number of furan rings is 1. The van der Waals surface area contributed by atoms with Gasteiger partial charge in [-0.05, 0) is 43.0 Å². The minimum absolute atomic E-state index is 0.784. The zero-order chi connectivity index (χ0) is 10.3. The molecule has 2 aromatic heterocycles. The van der Waals surface area contributed by atoms with Crippen molar-refractivity contribution in [1.82, 2.24) is 4.98 Å². The number of nitrogens with zero attached hydrogens (tertiary/aromatic N) is 1. The maximum Gasteiger partial charge on any atom is 0.152 e. The summed E-state index contributed by atoms with van der Waals surface area (Å²) < 4.78 is 5.31. The number of pyridine rings is 1. The average molecular weight is 220 g/mol. The van der Waals surface area contributed by atoms with Gasteiger partial charge in [0.2, 0.25) is 0 Å². The third-order valence-corrected chi connectivity index (χ3v) is 3.11. The van der Waals surface area contributed by atoms with Crippen LogP contribution < -0.4 is 0 Å². The van der Waals surface area contributed by atoms with Gasteiger partial charge in [0.15, 0.2) is 5.76 Å². The van der Waals surface area contributed by atoms with Crippen LogP contribution in [0.2, 0.25) is 5.02 Å². The molecule has 0 spiro atoms. The lowest BCUT2D eigenvalue weighted by molar-refractivity contribution is 0.579. The van der Waals surface area contributed by atoms with Crippen LogP contribution >= 0.6 is 11.6 Å². The predicted molar refractivity (Wildman–Crippen MR) is 59.0 cm³/mol. The van der Waals surface area contributed by atoms with Crippen LogP contribution in [0.5, 0.6) is 0 Å². The van der Waals surface area contributed by atoms with Crippen LogP contribution in [-0.4, -0.2) is 4.98 Å². The van der Waals surface area contributed by atoms with Crippen LogP contribution in [0.4, 0.5) is 0 Å². The first-order valence-corrected chi connectivity index (χ1v) is 5.44. The second-order valence-corrected chi connectivity index (χ2v) is 4.15. The lowest BCUT2D eigenvalue weighted by Gasteiger charge is -2.04. The van der Waals surface area contributed by atoms with E-state index in [9.17, 15) is 0 Å². The van der Waals surface area contributed by atoms with Gasteiger partial charge >= 0.3 is 0 Å². The van der Waals surface area contributed by atoms with Crippen molar-refractivity contribution in [3.8, 4) is 11.5 Å². The Hall–Kier alpha value is -1.28. The van der Waals surface area contributed by atoms with E-state index in [-0.39, 0.29) is 0 Å². The summed E-state index contributed by atoms with van der Waals surface area (Å²) in [6.07, 6.45) is 4.89.